The van der Waals surface area contributed by atoms with Gasteiger partial charge in [0.25, 0.3) is 0 Å². The molecule has 0 saturated carbocycles. The van der Waals surface area contributed by atoms with E-state index in [0.717, 1.165) is 19.4 Å². The van der Waals surface area contributed by atoms with Crippen molar-refractivity contribution >= 4 is 5.95 Å². The molecule has 104 valence electrons. The quantitative estimate of drug-likeness (QED) is 0.920. The fourth-order valence-electron chi connectivity index (χ4n) is 2.50. The number of rotatable bonds is 3. The minimum absolute atomic E-state index is 0.298. The maximum atomic E-state index is 12.9. The minimum Gasteiger partial charge on any atom is -0.337 e. The van der Waals surface area contributed by atoms with Crippen LogP contribution in [0.5, 0.6) is 0 Å². The Labute approximate surface area is 116 Å². The number of aromatic nitrogens is 3. The Morgan fingerprint density at radius 3 is 2.90 bits per heavy atom. The van der Waals surface area contributed by atoms with Crippen molar-refractivity contribution in [2.24, 2.45) is 5.73 Å². The van der Waals surface area contributed by atoms with E-state index in [1.165, 1.54) is 12.3 Å². The van der Waals surface area contributed by atoms with Crippen LogP contribution in [0.4, 0.5) is 10.3 Å². The van der Waals surface area contributed by atoms with Gasteiger partial charge in [0, 0.05) is 25.3 Å². The molecular formula is C14H16FN5. The molecule has 3 heterocycles. The first-order chi connectivity index (χ1) is 9.78. The summed E-state index contributed by atoms with van der Waals surface area (Å²) in [7, 11) is 0. The maximum absolute atomic E-state index is 12.9. The lowest BCUT2D eigenvalue weighted by Crippen LogP contribution is -2.36. The second-order valence-corrected chi connectivity index (χ2v) is 4.83. The number of pyridine rings is 1. The highest BCUT2D eigenvalue weighted by Gasteiger charge is 2.25. The lowest BCUT2D eigenvalue weighted by Gasteiger charge is -2.23. The van der Waals surface area contributed by atoms with Crippen molar-refractivity contribution in [3.63, 3.8) is 0 Å². The van der Waals surface area contributed by atoms with Crippen LogP contribution in [0, 0.1) is 5.82 Å². The second kappa shape index (κ2) is 5.50. The summed E-state index contributed by atoms with van der Waals surface area (Å²) >= 11 is 0. The molecule has 0 bridgehead atoms. The highest BCUT2D eigenvalue weighted by atomic mass is 19.1. The van der Waals surface area contributed by atoms with Gasteiger partial charge in [0.1, 0.15) is 5.82 Å². The van der Waals surface area contributed by atoms with E-state index in [-0.39, 0.29) is 5.82 Å². The van der Waals surface area contributed by atoms with Gasteiger partial charge < -0.3 is 10.6 Å². The van der Waals surface area contributed by atoms with Gasteiger partial charge in [-0.1, -0.05) is 0 Å². The molecule has 1 aliphatic rings. The zero-order valence-electron chi connectivity index (χ0n) is 11.0. The number of anilines is 1. The fourth-order valence-corrected chi connectivity index (χ4v) is 2.50. The van der Waals surface area contributed by atoms with Gasteiger partial charge in [0.15, 0.2) is 0 Å². The Morgan fingerprint density at radius 1 is 1.25 bits per heavy atom. The lowest BCUT2D eigenvalue weighted by atomic mass is 10.2. The molecule has 0 aromatic carbocycles. The van der Waals surface area contributed by atoms with Gasteiger partial charge in [-0.2, -0.15) is 0 Å². The van der Waals surface area contributed by atoms with Crippen LogP contribution < -0.4 is 10.6 Å². The highest BCUT2D eigenvalue weighted by Crippen LogP contribution is 2.23. The lowest BCUT2D eigenvalue weighted by molar-refractivity contribution is 0.621. The molecule has 6 heteroatoms. The van der Waals surface area contributed by atoms with E-state index in [1.54, 1.807) is 18.3 Å². The van der Waals surface area contributed by atoms with Gasteiger partial charge in [-0.15, -0.1) is 0 Å². The van der Waals surface area contributed by atoms with Gasteiger partial charge in [0.05, 0.1) is 17.6 Å². The average Bonchev–Trinajstić information content (AvgIpc) is 2.96. The van der Waals surface area contributed by atoms with Crippen LogP contribution >= 0.6 is 0 Å². The average molecular weight is 273 g/mol. The molecule has 20 heavy (non-hydrogen) atoms. The molecule has 0 spiro atoms. The van der Waals surface area contributed by atoms with Gasteiger partial charge >= 0.3 is 0 Å². The summed E-state index contributed by atoms with van der Waals surface area (Å²) < 4.78 is 12.9. The summed E-state index contributed by atoms with van der Waals surface area (Å²) in [5.74, 6) is 0.312. The Bertz CT molecular complexity index is 586. The van der Waals surface area contributed by atoms with Crippen LogP contribution in [0.25, 0.3) is 11.4 Å². The van der Waals surface area contributed by atoms with Crippen molar-refractivity contribution in [1.82, 2.24) is 15.0 Å². The largest absolute Gasteiger partial charge is 0.337 e. The third-order valence-corrected chi connectivity index (χ3v) is 3.54. The SMILES string of the molecule is NCC1CCCN1c1nccc(-c2ccc(F)cn2)n1. The molecule has 2 aromatic heterocycles. The molecule has 5 nitrogen and oxygen atoms in total. The van der Waals surface area contributed by atoms with Crippen molar-refractivity contribution < 1.29 is 4.39 Å². The van der Waals surface area contributed by atoms with Crippen molar-refractivity contribution in [2.75, 3.05) is 18.0 Å². The molecule has 1 atom stereocenters. The molecular weight excluding hydrogens is 257 g/mol. The molecule has 1 unspecified atom stereocenters. The predicted molar refractivity (Wildman–Crippen MR) is 74.6 cm³/mol. The number of hydrogen-bond donors (Lipinski definition) is 1. The molecule has 3 rings (SSSR count). The Hall–Kier alpha value is -2.08. The molecule has 2 aromatic rings. The van der Waals surface area contributed by atoms with Crippen molar-refractivity contribution in [2.45, 2.75) is 18.9 Å². The summed E-state index contributed by atoms with van der Waals surface area (Å²) in [6.45, 7) is 1.52. The van der Waals surface area contributed by atoms with Gasteiger partial charge in [-0.25, -0.2) is 14.4 Å². The van der Waals surface area contributed by atoms with Gasteiger partial charge in [-0.05, 0) is 31.0 Å². The first kappa shape index (κ1) is 12.9. The Morgan fingerprint density at radius 2 is 2.15 bits per heavy atom. The topological polar surface area (TPSA) is 67.9 Å². The summed E-state index contributed by atoms with van der Waals surface area (Å²) in [5.41, 5.74) is 7.11. The molecule has 0 amide bonds. The van der Waals surface area contributed by atoms with E-state index < -0.39 is 0 Å². The normalized spacial score (nSPS) is 18.5. The first-order valence-electron chi connectivity index (χ1n) is 6.69. The molecule has 1 fully saturated rings. The summed E-state index contributed by atoms with van der Waals surface area (Å²) in [6, 6.07) is 5.07. The number of nitrogens with two attached hydrogens (primary N) is 1. The predicted octanol–water partition coefficient (Wildman–Crippen LogP) is 1.61. The molecule has 0 aliphatic carbocycles. The van der Waals surface area contributed by atoms with Crippen LogP contribution in [-0.4, -0.2) is 34.1 Å². The fraction of sp³-hybridized carbons (Fsp3) is 0.357. The Balaban J connectivity index is 1.91. The monoisotopic (exact) mass is 273 g/mol. The van der Waals surface area contributed by atoms with E-state index >= 15 is 0 Å². The number of halogens is 1. The zero-order valence-corrected chi connectivity index (χ0v) is 11.0. The molecule has 2 N–H and O–H groups in total. The highest BCUT2D eigenvalue weighted by molar-refractivity contribution is 5.55. The van der Waals surface area contributed by atoms with E-state index in [2.05, 4.69) is 19.9 Å². The van der Waals surface area contributed by atoms with Crippen LogP contribution in [0.3, 0.4) is 0 Å². The van der Waals surface area contributed by atoms with E-state index in [0.29, 0.717) is 29.9 Å². The van der Waals surface area contributed by atoms with E-state index in [4.69, 9.17) is 5.73 Å². The van der Waals surface area contributed by atoms with Crippen molar-refractivity contribution in [3.8, 4) is 11.4 Å². The molecule has 1 aliphatic heterocycles. The Kier molecular flexibility index (Phi) is 3.56. The van der Waals surface area contributed by atoms with Crippen LogP contribution in [0.15, 0.2) is 30.6 Å². The van der Waals surface area contributed by atoms with E-state index in [9.17, 15) is 4.39 Å². The zero-order chi connectivity index (χ0) is 13.9. The third-order valence-electron chi connectivity index (χ3n) is 3.54. The third kappa shape index (κ3) is 2.46. The van der Waals surface area contributed by atoms with Gasteiger partial charge in [0.2, 0.25) is 5.95 Å². The van der Waals surface area contributed by atoms with E-state index in [1.807, 2.05) is 0 Å². The second-order valence-electron chi connectivity index (χ2n) is 4.83. The number of nitrogens with zero attached hydrogens (tertiary/aromatic N) is 4. The van der Waals surface area contributed by atoms with Gasteiger partial charge in [-0.3, -0.25) is 4.98 Å². The maximum Gasteiger partial charge on any atom is 0.226 e. The van der Waals surface area contributed by atoms with Crippen molar-refractivity contribution in [3.05, 3.63) is 36.4 Å². The minimum atomic E-state index is -0.356. The smallest absolute Gasteiger partial charge is 0.226 e. The summed E-state index contributed by atoms with van der Waals surface area (Å²) in [5, 5.41) is 0. The van der Waals surface area contributed by atoms with Crippen LogP contribution in [-0.2, 0) is 0 Å². The summed E-state index contributed by atoms with van der Waals surface area (Å²) in [4.78, 5) is 15.0. The standard InChI is InChI=1S/C14H16FN5/c15-10-3-4-12(18-9-10)13-5-6-17-14(19-13)20-7-1-2-11(20)8-16/h3-6,9,11H,1-2,7-8,16H2. The molecule has 1 saturated heterocycles. The first-order valence-corrected chi connectivity index (χ1v) is 6.69. The summed E-state index contributed by atoms with van der Waals surface area (Å²) in [6.07, 6.45) is 5.06. The van der Waals surface area contributed by atoms with Crippen molar-refractivity contribution in [1.29, 1.82) is 0 Å². The number of hydrogen-bond acceptors (Lipinski definition) is 5. The van der Waals surface area contributed by atoms with Crippen LogP contribution in [0.1, 0.15) is 12.8 Å². The molecule has 0 radical (unpaired) electrons. The van der Waals surface area contributed by atoms with Crippen LogP contribution in [0.2, 0.25) is 0 Å².